The molecule has 0 radical (unpaired) electrons. The Labute approximate surface area is 164 Å². The molecule has 0 unspecified atom stereocenters. The van der Waals surface area contributed by atoms with Crippen LogP contribution in [0.4, 0.5) is 0 Å². The molecule has 9 heteroatoms. The third kappa shape index (κ3) is 4.25. The average Bonchev–Trinajstić information content (AvgIpc) is 3.07. The lowest BCUT2D eigenvalue weighted by atomic mass is 10.2. The molecule has 0 fully saturated rings. The minimum atomic E-state index is -0.535. The molecule has 0 saturated carbocycles. The number of allylic oxidation sites excluding steroid dienone is 2. The normalized spacial score (nSPS) is 11.4. The number of nitrogens with zero attached hydrogens (tertiary/aromatic N) is 3. The molecule has 0 bridgehead atoms. The predicted octanol–water partition coefficient (Wildman–Crippen LogP) is 1.83. The van der Waals surface area contributed by atoms with Crippen LogP contribution in [0.1, 0.15) is 12.5 Å². The summed E-state index contributed by atoms with van der Waals surface area (Å²) in [4.78, 5) is 42.9. The molecule has 0 aliphatic rings. The van der Waals surface area contributed by atoms with Gasteiger partial charge < -0.3 is 9.30 Å². The van der Waals surface area contributed by atoms with Crippen molar-refractivity contribution in [3.05, 3.63) is 68.9 Å². The molecule has 146 valence electrons. The van der Waals surface area contributed by atoms with Crippen LogP contribution >= 0.6 is 11.8 Å². The quantitative estimate of drug-likeness (QED) is 0.369. The van der Waals surface area contributed by atoms with Crippen LogP contribution < -0.4 is 11.2 Å². The van der Waals surface area contributed by atoms with Gasteiger partial charge in [0.15, 0.2) is 16.3 Å². The first-order chi connectivity index (χ1) is 13.5. The molecule has 2 heterocycles. The third-order valence-electron chi connectivity index (χ3n) is 4.06. The minimum Gasteiger partial charge on any atom is -0.460 e. The third-order valence-corrected chi connectivity index (χ3v) is 5.01. The van der Waals surface area contributed by atoms with Crippen molar-refractivity contribution in [2.24, 2.45) is 7.05 Å². The number of H-pyrrole nitrogens is 1. The van der Waals surface area contributed by atoms with E-state index < -0.39 is 11.2 Å². The zero-order valence-electron chi connectivity index (χ0n) is 15.5. The Balaban J connectivity index is 1.80. The van der Waals surface area contributed by atoms with Crippen LogP contribution in [-0.2, 0) is 29.7 Å². The number of imidazole rings is 1. The van der Waals surface area contributed by atoms with Gasteiger partial charge in [-0.1, -0.05) is 54.2 Å². The van der Waals surface area contributed by atoms with E-state index >= 15 is 0 Å². The molecule has 2 aromatic heterocycles. The first-order valence-corrected chi connectivity index (χ1v) is 9.63. The molecule has 0 aliphatic carbocycles. The van der Waals surface area contributed by atoms with E-state index in [1.165, 1.54) is 23.4 Å². The highest BCUT2D eigenvalue weighted by Crippen LogP contribution is 2.22. The maximum Gasteiger partial charge on any atom is 0.329 e. The van der Waals surface area contributed by atoms with Gasteiger partial charge in [-0.3, -0.25) is 19.1 Å². The van der Waals surface area contributed by atoms with Gasteiger partial charge in [0.2, 0.25) is 0 Å². The van der Waals surface area contributed by atoms with E-state index in [-0.39, 0.29) is 24.0 Å². The van der Waals surface area contributed by atoms with Crippen LogP contribution in [0.3, 0.4) is 0 Å². The van der Waals surface area contributed by atoms with Gasteiger partial charge in [0.25, 0.3) is 5.56 Å². The van der Waals surface area contributed by atoms with Gasteiger partial charge in [-0.2, -0.15) is 0 Å². The van der Waals surface area contributed by atoms with Gasteiger partial charge in [0, 0.05) is 13.6 Å². The van der Waals surface area contributed by atoms with Crippen molar-refractivity contribution in [2.75, 3.05) is 5.75 Å². The fourth-order valence-electron chi connectivity index (χ4n) is 2.61. The summed E-state index contributed by atoms with van der Waals surface area (Å²) in [6.07, 6.45) is 3.72. The molecule has 0 aliphatic heterocycles. The molecular weight excluding hydrogens is 380 g/mol. The minimum absolute atomic E-state index is 0.0395. The second-order valence-electron chi connectivity index (χ2n) is 6.00. The number of nitrogens with one attached hydrogen (secondary N) is 1. The first kappa shape index (κ1) is 19.7. The van der Waals surface area contributed by atoms with Gasteiger partial charge in [0.1, 0.15) is 6.61 Å². The van der Waals surface area contributed by atoms with E-state index in [0.717, 1.165) is 5.56 Å². The van der Waals surface area contributed by atoms with E-state index in [1.807, 2.05) is 49.4 Å². The highest BCUT2D eigenvalue weighted by Gasteiger charge is 2.18. The smallest absolute Gasteiger partial charge is 0.329 e. The van der Waals surface area contributed by atoms with Crippen molar-refractivity contribution in [1.82, 2.24) is 19.1 Å². The van der Waals surface area contributed by atoms with E-state index in [2.05, 4.69) is 9.97 Å². The molecule has 3 rings (SSSR count). The summed E-state index contributed by atoms with van der Waals surface area (Å²) in [5.41, 5.74) is 0.432. The number of benzene rings is 1. The molecule has 1 N–H and O–H groups in total. The maximum absolute atomic E-state index is 12.3. The fourth-order valence-corrected chi connectivity index (χ4v) is 3.41. The van der Waals surface area contributed by atoms with Gasteiger partial charge in [-0.05, 0) is 12.5 Å². The van der Waals surface area contributed by atoms with Crippen LogP contribution in [0.15, 0.2) is 57.2 Å². The number of aryl methyl sites for hydroxylation is 1. The number of carbonyl (C=O) groups excluding carboxylic acids is 1. The second kappa shape index (κ2) is 8.75. The summed E-state index contributed by atoms with van der Waals surface area (Å²) >= 11 is 1.17. The first-order valence-electron chi connectivity index (χ1n) is 8.64. The molecule has 1 aromatic carbocycles. The molecule has 0 spiro atoms. The predicted molar refractivity (Wildman–Crippen MR) is 107 cm³/mol. The van der Waals surface area contributed by atoms with E-state index in [4.69, 9.17) is 4.74 Å². The highest BCUT2D eigenvalue weighted by atomic mass is 32.2. The fraction of sp³-hybridized carbons (Fsp3) is 0.263. The lowest BCUT2D eigenvalue weighted by Crippen LogP contribution is -2.29. The Bertz CT molecular complexity index is 1130. The summed E-state index contributed by atoms with van der Waals surface area (Å²) in [7, 11) is 1.54. The molecule has 8 nitrogen and oxygen atoms in total. The number of thioether (sulfide) groups is 1. The average molecular weight is 400 g/mol. The van der Waals surface area contributed by atoms with Gasteiger partial charge in [-0.15, -0.1) is 0 Å². The Kier molecular flexibility index (Phi) is 6.15. The summed E-state index contributed by atoms with van der Waals surface area (Å²) in [5, 5.41) is 0.469. The zero-order chi connectivity index (χ0) is 20.1. The van der Waals surface area contributed by atoms with E-state index in [0.29, 0.717) is 17.2 Å². The van der Waals surface area contributed by atoms with Crippen LogP contribution in [0.25, 0.3) is 11.2 Å². The number of fused-ring (bicyclic) bond motifs is 1. The van der Waals surface area contributed by atoms with Crippen molar-refractivity contribution < 1.29 is 9.53 Å². The number of esters is 1. The Morgan fingerprint density at radius 1 is 1.29 bits per heavy atom. The molecular formula is C19H20N4O4S. The number of ether oxygens (including phenoxy) is 1. The summed E-state index contributed by atoms with van der Waals surface area (Å²) in [6, 6.07) is 9.41. The highest BCUT2D eigenvalue weighted by molar-refractivity contribution is 7.99. The Hall–Kier alpha value is -3.07. The topological polar surface area (TPSA) is 99.0 Å². The number of aromatic nitrogens is 4. The number of hydrogen-bond acceptors (Lipinski definition) is 6. The summed E-state index contributed by atoms with van der Waals surface area (Å²) in [5.74, 6) is -0.348. The lowest BCUT2D eigenvalue weighted by molar-refractivity contribution is -0.141. The second-order valence-corrected chi connectivity index (χ2v) is 6.94. The molecule has 0 amide bonds. The van der Waals surface area contributed by atoms with Crippen molar-refractivity contribution in [2.45, 2.75) is 25.2 Å². The van der Waals surface area contributed by atoms with Gasteiger partial charge >= 0.3 is 11.7 Å². The monoisotopic (exact) mass is 400 g/mol. The molecule has 0 atom stereocenters. The Morgan fingerprint density at radius 2 is 2.04 bits per heavy atom. The summed E-state index contributed by atoms with van der Waals surface area (Å²) in [6.45, 7) is 2.46. The van der Waals surface area contributed by atoms with Crippen LogP contribution in [0, 0.1) is 0 Å². The molecule has 0 saturated heterocycles. The van der Waals surface area contributed by atoms with Gasteiger partial charge in [0.05, 0.1) is 5.75 Å². The standard InChI is InChI=1S/C19H20N4O4S/c1-3-4-10-23-15-16(22(2)18(26)21-17(15)25)20-19(23)28-12-14(24)27-11-13-8-6-5-7-9-13/h3-9H,10-12H2,1-2H3,(H,21,25,26)/b4-3+. The van der Waals surface area contributed by atoms with Crippen molar-refractivity contribution in [3.63, 3.8) is 0 Å². The number of hydrogen-bond donors (Lipinski definition) is 1. The number of carbonyl (C=O) groups is 1. The van der Waals surface area contributed by atoms with Crippen LogP contribution in [0.5, 0.6) is 0 Å². The van der Waals surface area contributed by atoms with Crippen molar-refractivity contribution in [1.29, 1.82) is 0 Å². The molecule has 3 aromatic rings. The zero-order valence-corrected chi connectivity index (χ0v) is 16.4. The van der Waals surface area contributed by atoms with Crippen LogP contribution in [-0.4, -0.2) is 30.8 Å². The van der Waals surface area contributed by atoms with Crippen LogP contribution in [0.2, 0.25) is 0 Å². The largest absolute Gasteiger partial charge is 0.460 e. The molecule has 28 heavy (non-hydrogen) atoms. The van der Waals surface area contributed by atoms with E-state index in [9.17, 15) is 14.4 Å². The maximum atomic E-state index is 12.3. The lowest BCUT2D eigenvalue weighted by Gasteiger charge is -2.06. The SMILES string of the molecule is C/C=C/Cn1c(SCC(=O)OCc2ccccc2)nc2c1c(=O)[nH]c(=O)n2C. The van der Waals surface area contributed by atoms with Crippen molar-refractivity contribution in [3.8, 4) is 0 Å². The Morgan fingerprint density at radius 3 is 2.75 bits per heavy atom. The number of rotatable bonds is 7. The van der Waals surface area contributed by atoms with E-state index in [1.54, 1.807) is 4.57 Å². The van der Waals surface area contributed by atoms with Gasteiger partial charge in [-0.25, -0.2) is 9.78 Å². The van der Waals surface area contributed by atoms with Crippen molar-refractivity contribution >= 4 is 28.9 Å². The number of aromatic amines is 1. The summed E-state index contributed by atoms with van der Waals surface area (Å²) < 4.78 is 8.24.